The van der Waals surface area contributed by atoms with Crippen molar-refractivity contribution in [2.75, 3.05) is 13.9 Å². The van der Waals surface area contributed by atoms with Crippen LogP contribution >= 0.6 is 0 Å². The average molecular weight is 368 g/mol. The van der Waals surface area contributed by atoms with Crippen LogP contribution in [0.3, 0.4) is 0 Å². The van der Waals surface area contributed by atoms with Crippen LogP contribution in [-0.2, 0) is 4.74 Å². The second kappa shape index (κ2) is 6.99. The molecule has 0 spiro atoms. The van der Waals surface area contributed by atoms with Crippen LogP contribution in [0.25, 0.3) is 11.5 Å². The highest BCUT2D eigenvalue weighted by Crippen LogP contribution is 2.33. The highest BCUT2D eigenvalue weighted by molar-refractivity contribution is 5.90. The first-order chi connectivity index (χ1) is 13.1. The van der Waals surface area contributed by atoms with E-state index in [0.29, 0.717) is 23.0 Å². The van der Waals surface area contributed by atoms with Crippen molar-refractivity contribution in [2.45, 2.75) is 13.0 Å². The SMILES string of the molecule is COc1ccc(-c2nnc(C(C)OC(=O)c3ccc4c(c3)OCO4)o2)cc1. The normalized spacial score (nSPS) is 13.3. The molecule has 3 aromatic rings. The van der Waals surface area contributed by atoms with Crippen LogP contribution in [0.5, 0.6) is 17.2 Å². The molecule has 0 fully saturated rings. The molecule has 27 heavy (non-hydrogen) atoms. The van der Waals surface area contributed by atoms with Gasteiger partial charge in [0.2, 0.25) is 12.7 Å². The summed E-state index contributed by atoms with van der Waals surface area (Å²) in [5.41, 5.74) is 1.09. The number of aromatic nitrogens is 2. The lowest BCUT2D eigenvalue weighted by Gasteiger charge is -2.09. The zero-order valence-corrected chi connectivity index (χ0v) is 14.7. The van der Waals surface area contributed by atoms with Crippen LogP contribution in [0.1, 0.15) is 29.3 Å². The molecule has 2 heterocycles. The molecule has 0 bridgehead atoms. The first-order valence-electron chi connectivity index (χ1n) is 8.22. The lowest BCUT2D eigenvalue weighted by Crippen LogP contribution is -2.09. The number of ether oxygens (including phenoxy) is 4. The Hall–Kier alpha value is -3.55. The first-order valence-corrected chi connectivity index (χ1v) is 8.22. The molecule has 1 aromatic heterocycles. The lowest BCUT2D eigenvalue weighted by molar-refractivity contribution is 0.0279. The summed E-state index contributed by atoms with van der Waals surface area (Å²) in [6.07, 6.45) is -0.706. The molecule has 1 aliphatic heterocycles. The Kier molecular flexibility index (Phi) is 4.37. The second-order valence-electron chi connectivity index (χ2n) is 5.79. The Morgan fingerprint density at radius 1 is 1.07 bits per heavy atom. The van der Waals surface area contributed by atoms with Crippen LogP contribution in [0.2, 0.25) is 0 Å². The molecular formula is C19H16N2O6. The van der Waals surface area contributed by atoms with E-state index in [4.69, 9.17) is 23.4 Å². The van der Waals surface area contributed by atoms with Gasteiger partial charge in [0.25, 0.3) is 5.89 Å². The quantitative estimate of drug-likeness (QED) is 0.633. The fraction of sp³-hybridized carbons (Fsp3) is 0.211. The number of hydrogen-bond acceptors (Lipinski definition) is 8. The van der Waals surface area contributed by atoms with E-state index >= 15 is 0 Å². The minimum Gasteiger partial charge on any atom is -0.497 e. The minimum atomic E-state index is -0.706. The number of hydrogen-bond donors (Lipinski definition) is 0. The number of benzene rings is 2. The summed E-state index contributed by atoms with van der Waals surface area (Å²) in [7, 11) is 1.59. The number of methoxy groups -OCH3 is 1. The summed E-state index contributed by atoms with van der Waals surface area (Å²) in [6.45, 7) is 1.80. The Bertz CT molecular complexity index is 967. The molecule has 1 atom stereocenters. The van der Waals surface area contributed by atoms with Crippen molar-refractivity contribution in [3.05, 3.63) is 53.9 Å². The number of fused-ring (bicyclic) bond motifs is 1. The molecule has 0 saturated carbocycles. The van der Waals surface area contributed by atoms with E-state index in [-0.39, 0.29) is 12.7 Å². The molecule has 0 aliphatic carbocycles. The molecule has 138 valence electrons. The van der Waals surface area contributed by atoms with Crippen molar-refractivity contribution in [3.63, 3.8) is 0 Å². The topological polar surface area (TPSA) is 92.9 Å². The van der Waals surface area contributed by atoms with Gasteiger partial charge in [-0.3, -0.25) is 0 Å². The predicted octanol–water partition coefficient (Wildman–Crippen LogP) is 3.39. The van der Waals surface area contributed by atoms with E-state index in [2.05, 4.69) is 10.2 Å². The summed E-state index contributed by atoms with van der Waals surface area (Å²) in [6, 6.07) is 12.1. The van der Waals surface area contributed by atoms with Gasteiger partial charge in [0.15, 0.2) is 17.6 Å². The van der Waals surface area contributed by atoms with Gasteiger partial charge in [-0.05, 0) is 49.4 Å². The van der Waals surface area contributed by atoms with E-state index in [1.807, 2.05) is 0 Å². The maximum Gasteiger partial charge on any atom is 0.339 e. The molecule has 8 heteroatoms. The summed E-state index contributed by atoms with van der Waals surface area (Å²) in [4.78, 5) is 12.4. The molecule has 8 nitrogen and oxygen atoms in total. The number of carbonyl (C=O) groups excluding carboxylic acids is 1. The average Bonchev–Trinajstić information content (AvgIpc) is 3.37. The lowest BCUT2D eigenvalue weighted by atomic mass is 10.2. The molecule has 0 saturated heterocycles. The van der Waals surface area contributed by atoms with Crippen molar-refractivity contribution in [3.8, 4) is 28.7 Å². The molecule has 1 aliphatic rings. The highest BCUT2D eigenvalue weighted by atomic mass is 16.7. The zero-order chi connectivity index (χ0) is 18.8. The van der Waals surface area contributed by atoms with Crippen LogP contribution < -0.4 is 14.2 Å². The summed E-state index contributed by atoms with van der Waals surface area (Å²) >= 11 is 0. The maximum absolute atomic E-state index is 12.4. The second-order valence-corrected chi connectivity index (χ2v) is 5.79. The van der Waals surface area contributed by atoms with Gasteiger partial charge in [-0.25, -0.2) is 4.79 Å². The van der Waals surface area contributed by atoms with Gasteiger partial charge < -0.3 is 23.4 Å². The third-order valence-electron chi connectivity index (χ3n) is 4.02. The maximum atomic E-state index is 12.4. The zero-order valence-electron chi connectivity index (χ0n) is 14.7. The van der Waals surface area contributed by atoms with E-state index in [0.717, 1.165) is 11.3 Å². The fourth-order valence-corrected chi connectivity index (χ4v) is 2.55. The minimum absolute atomic E-state index is 0.139. The number of nitrogens with zero attached hydrogens (tertiary/aromatic N) is 2. The van der Waals surface area contributed by atoms with Gasteiger partial charge >= 0.3 is 5.97 Å². The Labute approximate surface area is 154 Å². The van der Waals surface area contributed by atoms with Gasteiger partial charge in [-0.1, -0.05) is 0 Å². The summed E-state index contributed by atoms with van der Waals surface area (Å²) in [5.74, 6) is 1.85. The molecule has 4 rings (SSSR count). The standard InChI is InChI=1S/C19H16N2O6/c1-11(26-19(22)13-5-8-15-16(9-13)25-10-24-15)17-20-21-18(27-17)12-3-6-14(23-2)7-4-12/h3-9,11H,10H2,1-2H3. The van der Waals surface area contributed by atoms with Crippen molar-refractivity contribution in [1.29, 1.82) is 0 Å². The number of rotatable bonds is 5. The number of carbonyl (C=O) groups is 1. The molecular weight excluding hydrogens is 352 g/mol. The Morgan fingerprint density at radius 3 is 2.63 bits per heavy atom. The van der Waals surface area contributed by atoms with Gasteiger partial charge in [0.1, 0.15) is 5.75 Å². The van der Waals surface area contributed by atoms with Crippen molar-refractivity contribution < 1.29 is 28.2 Å². The van der Waals surface area contributed by atoms with Gasteiger partial charge in [0.05, 0.1) is 12.7 Å². The summed E-state index contributed by atoms with van der Waals surface area (Å²) < 4.78 is 26.7. The monoisotopic (exact) mass is 368 g/mol. The smallest absolute Gasteiger partial charge is 0.339 e. The molecule has 0 amide bonds. The van der Waals surface area contributed by atoms with Crippen LogP contribution in [0, 0.1) is 0 Å². The van der Waals surface area contributed by atoms with E-state index in [9.17, 15) is 4.79 Å². The van der Waals surface area contributed by atoms with Crippen molar-refractivity contribution in [2.24, 2.45) is 0 Å². The predicted molar refractivity (Wildman–Crippen MR) is 92.7 cm³/mol. The third-order valence-corrected chi connectivity index (χ3v) is 4.02. The van der Waals surface area contributed by atoms with Crippen LogP contribution in [-0.4, -0.2) is 30.1 Å². The molecule has 2 aromatic carbocycles. The van der Waals surface area contributed by atoms with Gasteiger partial charge in [0, 0.05) is 5.56 Å². The summed E-state index contributed by atoms with van der Waals surface area (Å²) in [5, 5.41) is 7.97. The highest BCUT2D eigenvalue weighted by Gasteiger charge is 2.22. The largest absolute Gasteiger partial charge is 0.497 e. The van der Waals surface area contributed by atoms with Gasteiger partial charge in [-0.15, -0.1) is 10.2 Å². The molecule has 0 N–H and O–H groups in total. The molecule has 1 unspecified atom stereocenters. The van der Waals surface area contributed by atoms with E-state index in [1.54, 1.807) is 56.5 Å². The molecule has 0 radical (unpaired) electrons. The van der Waals surface area contributed by atoms with Crippen molar-refractivity contribution in [1.82, 2.24) is 10.2 Å². The van der Waals surface area contributed by atoms with E-state index in [1.165, 1.54) is 0 Å². The first kappa shape index (κ1) is 16.9. The Balaban J connectivity index is 1.46. The Morgan fingerprint density at radius 2 is 1.85 bits per heavy atom. The number of esters is 1. The van der Waals surface area contributed by atoms with Crippen LogP contribution in [0.15, 0.2) is 46.9 Å². The van der Waals surface area contributed by atoms with E-state index < -0.39 is 12.1 Å². The fourth-order valence-electron chi connectivity index (χ4n) is 2.55. The van der Waals surface area contributed by atoms with Crippen molar-refractivity contribution >= 4 is 5.97 Å². The third kappa shape index (κ3) is 3.41. The van der Waals surface area contributed by atoms with Gasteiger partial charge in [-0.2, -0.15) is 0 Å². The van der Waals surface area contributed by atoms with Crippen LogP contribution in [0.4, 0.5) is 0 Å².